The summed E-state index contributed by atoms with van der Waals surface area (Å²) in [5.41, 5.74) is 1.33. The molecule has 0 radical (unpaired) electrons. The number of likely N-dealkylation sites (N-methyl/N-ethyl adjacent to an activating group) is 1. The van der Waals surface area contributed by atoms with E-state index in [1.165, 1.54) is 24.9 Å². The van der Waals surface area contributed by atoms with E-state index in [4.69, 9.17) is 11.6 Å². The van der Waals surface area contributed by atoms with Crippen LogP contribution in [0.25, 0.3) is 0 Å². The molecule has 1 saturated heterocycles. The van der Waals surface area contributed by atoms with Crippen molar-refractivity contribution in [2.75, 3.05) is 20.1 Å². The van der Waals surface area contributed by atoms with Gasteiger partial charge in [-0.05, 0) is 50.4 Å². The molecule has 4 heteroatoms. The highest BCUT2D eigenvalue weighted by molar-refractivity contribution is 7.14. The van der Waals surface area contributed by atoms with Crippen LogP contribution in [0.1, 0.15) is 31.4 Å². The van der Waals surface area contributed by atoms with Crippen LogP contribution in [0.5, 0.6) is 0 Å². The largest absolute Gasteiger partial charge is 0.313 e. The van der Waals surface area contributed by atoms with Gasteiger partial charge in [0.05, 0.1) is 4.34 Å². The van der Waals surface area contributed by atoms with E-state index in [9.17, 15) is 0 Å². The first-order valence-corrected chi connectivity index (χ1v) is 7.10. The first kappa shape index (κ1) is 12.4. The predicted molar refractivity (Wildman–Crippen MR) is 71.4 cm³/mol. The monoisotopic (exact) mass is 258 g/mol. The van der Waals surface area contributed by atoms with Gasteiger partial charge in [-0.1, -0.05) is 11.6 Å². The zero-order chi connectivity index (χ0) is 11.5. The molecule has 2 unspecified atom stereocenters. The molecular weight excluding hydrogens is 240 g/mol. The Labute approximate surface area is 107 Å². The van der Waals surface area contributed by atoms with Gasteiger partial charge < -0.3 is 5.32 Å². The number of rotatable bonds is 4. The standard InChI is InChI=1S/C12H19ClN2S/c1-9(10-6-12(13)16-8-10)15(2)7-11-4-3-5-14-11/h6,8-9,11,14H,3-5,7H2,1-2H3. The summed E-state index contributed by atoms with van der Waals surface area (Å²) in [5, 5.41) is 5.69. The fourth-order valence-corrected chi connectivity index (χ4v) is 3.19. The summed E-state index contributed by atoms with van der Waals surface area (Å²) in [6, 6.07) is 3.20. The Morgan fingerprint density at radius 2 is 2.50 bits per heavy atom. The maximum Gasteiger partial charge on any atom is 0.0931 e. The van der Waals surface area contributed by atoms with Crippen LogP contribution in [0.2, 0.25) is 4.34 Å². The summed E-state index contributed by atoms with van der Waals surface area (Å²) >= 11 is 7.58. The van der Waals surface area contributed by atoms with Crippen molar-refractivity contribution in [3.63, 3.8) is 0 Å². The van der Waals surface area contributed by atoms with Crippen LogP contribution < -0.4 is 5.32 Å². The minimum absolute atomic E-state index is 0.450. The summed E-state index contributed by atoms with van der Waals surface area (Å²) in [6.45, 7) is 4.54. The van der Waals surface area contributed by atoms with Crippen LogP contribution in [-0.4, -0.2) is 31.1 Å². The molecule has 90 valence electrons. The summed E-state index contributed by atoms with van der Waals surface area (Å²) in [5.74, 6) is 0. The predicted octanol–water partition coefficient (Wildman–Crippen LogP) is 3.15. The Morgan fingerprint density at radius 1 is 1.69 bits per heavy atom. The van der Waals surface area contributed by atoms with Crippen LogP contribution in [0.15, 0.2) is 11.4 Å². The molecule has 1 aromatic rings. The smallest absolute Gasteiger partial charge is 0.0931 e. The molecule has 2 rings (SSSR count). The molecular formula is C12H19ClN2S. The molecule has 2 heterocycles. The van der Waals surface area contributed by atoms with Crippen LogP contribution in [0.4, 0.5) is 0 Å². The maximum atomic E-state index is 5.97. The Bertz CT molecular complexity index is 334. The first-order valence-electron chi connectivity index (χ1n) is 5.84. The lowest BCUT2D eigenvalue weighted by Crippen LogP contribution is -2.36. The van der Waals surface area contributed by atoms with Crippen LogP contribution in [0, 0.1) is 0 Å². The molecule has 1 aliphatic heterocycles. The van der Waals surface area contributed by atoms with Gasteiger partial charge in [-0.2, -0.15) is 0 Å². The van der Waals surface area contributed by atoms with Gasteiger partial charge in [-0.15, -0.1) is 11.3 Å². The van der Waals surface area contributed by atoms with Crippen LogP contribution in [0.3, 0.4) is 0 Å². The van der Waals surface area contributed by atoms with Crippen molar-refractivity contribution in [2.45, 2.75) is 31.8 Å². The summed E-state index contributed by atoms with van der Waals surface area (Å²) in [4.78, 5) is 2.40. The number of hydrogen-bond donors (Lipinski definition) is 1. The maximum absolute atomic E-state index is 5.97. The summed E-state index contributed by atoms with van der Waals surface area (Å²) < 4.78 is 0.884. The van der Waals surface area contributed by atoms with E-state index < -0.39 is 0 Å². The lowest BCUT2D eigenvalue weighted by molar-refractivity contribution is 0.238. The molecule has 0 bridgehead atoms. The van der Waals surface area contributed by atoms with Gasteiger partial charge in [0.2, 0.25) is 0 Å². The van der Waals surface area contributed by atoms with Gasteiger partial charge in [0.1, 0.15) is 0 Å². The lowest BCUT2D eigenvalue weighted by atomic mass is 10.1. The zero-order valence-electron chi connectivity index (χ0n) is 9.87. The van der Waals surface area contributed by atoms with Gasteiger partial charge in [-0.3, -0.25) is 4.90 Å². The molecule has 0 amide bonds. The van der Waals surface area contributed by atoms with E-state index in [0.29, 0.717) is 12.1 Å². The SMILES string of the molecule is CC(c1csc(Cl)c1)N(C)CC1CCCN1. The molecule has 1 N–H and O–H groups in total. The van der Waals surface area contributed by atoms with E-state index in [2.05, 4.69) is 35.6 Å². The van der Waals surface area contributed by atoms with E-state index in [0.717, 1.165) is 10.9 Å². The third-order valence-electron chi connectivity index (χ3n) is 3.40. The minimum atomic E-state index is 0.450. The topological polar surface area (TPSA) is 15.3 Å². The van der Waals surface area contributed by atoms with E-state index in [1.807, 2.05) is 0 Å². The summed E-state index contributed by atoms with van der Waals surface area (Å²) in [7, 11) is 2.19. The van der Waals surface area contributed by atoms with Gasteiger partial charge >= 0.3 is 0 Å². The Hall–Kier alpha value is -0.0900. The Balaban J connectivity index is 1.90. The number of hydrogen-bond acceptors (Lipinski definition) is 3. The fourth-order valence-electron chi connectivity index (χ4n) is 2.22. The molecule has 1 fully saturated rings. The highest BCUT2D eigenvalue weighted by Gasteiger charge is 2.19. The van der Waals surface area contributed by atoms with Crippen LogP contribution in [-0.2, 0) is 0 Å². The number of halogens is 1. The van der Waals surface area contributed by atoms with Gasteiger partial charge in [-0.25, -0.2) is 0 Å². The van der Waals surface area contributed by atoms with Crippen molar-refractivity contribution >= 4 is 22.9 Å². The highest BCUT2D eigenvalue weighted by Crippen LogP contribution is 2.27. The molecule has 1 aromatic heterocycles. The molecule has 0 aromatic carbocycles. The van der Waals surface area contributed by atoms with Crippen molar-refractivity contribution in [3.05, 3.63) is 21.3 Å². The van der Waals surface area contributed by atoms with Gasteiger partial charge in [0.25, 0.3) is 0 Å². The zero-order valence-corrected chi connectivity index (χ0v) is 11.4. The molecule has 1 aliphatic rings. The molecule has 2 atom stereocenters. The Kier molecular flexibility index (Phi) is 4.25. The second-order valence-electron chi connectivity index (χ2n) is 4.59. The van der Waals surface area contributed by atoms with Gasteiger partial charge in [0.15, 0.2) is 0 Å². The minimum Gasteiger partial charge on any atom is -0.313 e. The normalized spacial score (nSPS) is 22.9. The van der Waals surface area contributed by atoms with E-state index in [1.54, 1.807) is 11.3 Å². The second kappa shape index (κ2) is 5.50. The second-order valence-corrected chi connectivity index (χ2v) is 6.14. The van der Waals surface area contributed by atoms with Crippen molar-refractivity contribution in [3.8, 4) is 0 Å². The fraction of sp³-hybridized carbons (Fsp3) is 0.667. The van der Waals surface area contributed by atoms with Crippen molar-refractivity contribution < 1.29 is 0 Å². The quantitative estimate of drug-likeness (QED) is 0.893. The Morgan fingerprint density at radius 3 is 3.06 bits per heavy atom. The van der Waals surface area contributed by atoms with Crippen LogP contribution >= 0.6 is 22.9 Å². The van der Waals surface area contributed by atoms with E-state index in [-0.39, 0.29) is 0 Å². The molecule has 0 saturated carbocycles. The average molecular weight is 259 g/mol. The number of nitrogens with zero attached hydrogens (tertiary/aromatic N) is 1. The van der Waals surface area contributed by atoms with Gasteiger partial charge in [0, 0.05) is 18.6 Å². The van der Waals surface area contributed by atoms with E-state index >= 15 is 0 Å². The molecule has 0 aliphatic carbocycles. The lowest BCUT2D eigenvalue weighted by Gasteiger charge is -2.27. The third kappa shape index (κ3) is 2.98. The highest BCUT2D eigenvalue weighted by atomic mass is 35.5. The number of nitrogens with one attached hydrogen (secondary N) is 1. The number of thiophene rings is 1. The van der Waals surface area contributed by atoms with Crippen molar-refractivity contribution in [1.29, 1.82) is 0 Å². The van der Waals surface area contributed by atoms with Crippen molar-refractivity contribution in [1.82, 2.24) is 10.2 Å². The third-order valence-corrected chi connectivity index (χ3v) is 4.51. The molecule has 0 spiro atoms. The molecule has 16 heavy (non-hydrogen) atoms. The molecule has 2 nitrogen and oxygen atoms in total. The van der Waals surface area contributed by atoms with Crippen molar-refractivity contribution in [2.24, 2.45) is 0 Å². The first-order chi connectivity index (χ1) is 7.66. The average Bonchev–Trinajstić information content (AvgIpc) is 2.88. The summed E-state index contributed by atoms with van der Waals surface area (Å²) in [6.07, 6.45) is 2.62.